The molecule has 2 rings (SSSR count). The van der Waals surface area contributed by atoms with Gasteiger partial charge in [-0.3, -0.25) is 14.9 Å². The van der Waals surface area contributed by atoms with Crippen molar-refractivity contribution in [2.75, 3.05) is 25.1 Å². The monoisotopic (exact) mass is 565 g/mol. The van der Waals surface area contributed by atoms with E-state index in [0.717, 1.165) is 0 Å². The Morgan fingerprint density at radius 2 is 1.97 bits per heavy atom. The number of non-ortho nitro benzene ring substituents is 1. The molecule has 0 bridgehead atoms. The normalized spacial score (nSPS) is 10.7. The van der Waals surface area contributed by atoms with E-state index >= 15 is 0 Å². The summed E-state index contributed by atoms with van der Waals surface area (Å²) < 4.78 is 16.6. The molecule has 2 aromatic carbocycles. The van der Waals surface area contributed by atoms with Gasteiger partial charge in [0.2, 0.25) is 0 Å². The average Bonchev–Trinajstić information content (AvgIpc) is 2.77. The molecule has 0 saturated carbocycles. The number of nitro groups is 1. The van der Waals surface area contributed by atoms with Crippen LogP contribution in [0.5, 0.6) is 11.5 Å². The maximum absolute atomic E-state index is 12.5. The van der Waals surface area contributed by atoms with E-state index in [0.29, 0.717) is 27.2 Å². The highest BCUT2D eigenvalue weighted by Gasteiger charge is 2.16. The molecule has 2 aromatic rings. The first kappa shape index (κ1) is 25.6. The SMILES string of the molecule is CCOC(=O)COc1c(I)cc(/C=C(\C#N)C(=O)Nc2cccc([N+](=O)[O-])c2)cc1OCC. The third kappa shape index (κ3) is 7.46. The Morgan fingerprint density at radius 3 is 2.61 bits per heavy atom. The van der Waals surface area contributed by atoms with Crippen molar-refractivity contribution in [3.8, 4) is 17.6 Å². The van der Waals surface area contributed by atoms with Gasteiger partial charge in [-0.25, -0.2) is 4.79 Å². The molecule has 0 atom stereocenters. The smallest absolute Gasteiger partial charge is 0.344 e. The topological polar surface area (TPSA) is 141 Å². The predicted molar refractivity (Wildman–Crippen MR) is 128 cm³/mol. The van der Waals surface area contributed by atoms with Gasteiger partial charge in [0.05, 0.1) is 21.7 Å². The van der Waals surface area contributed by atoms with Gasteiger partial charge in [-0.2, -0.15) is 5.26 Å². The van der Waals surface area contributed by atoms with Crippen LogP contribution in [0.15, 0.2) is 42.0 Å². The molecule has 172 valence electrons. The van der Waals surface area contributed by atoms with Gasteiger partial charge in [0.1, 0.15) is 11.6 Å². The number of rotatable bonds is 10. The molecular formula is C22H20IN3O7. The maximum Gasteiger partial charge on any atom is 0.344 e. The predicted octanol–water partition coefficient (Wildman–Crippen LogP) is 4.09. The van der Waals surface area contributed by atoms with E-state index < -0.39 is 16.8 Å². The highest BCUT2D eigenvalue weighted by atomic mass is 127. The Labute approximate surface area is 203 Å². The van der Waals surface area contributed by atoms with Crippen molar-refractivity contribution in [2.45, 2.75) is 13.8 Å². The van der Waals surface area contributed by atoms with Gasteiger partial charge in [-0.15, -0.1) is 0 Å². The Kier molecular flexibility index (Phi) is 9.62. The van der Waals surface area contributed by atoms with E-state index in [1.807, 2.05) is 28.7 Å². The van der Waals surface area contributed by atoms with Gasteiger partial charge in [-0.05, 0) is 66.3 Å². The van der Waals surface area contributed by atoms with E-state index in [1.54, 1.807) is 26.0 Å². The highest BCUT2D eigenvalue weighted by Crippen LogP contribution is 2.35. The first-order valence-corrected chi connectivity index (χ1v) is 10.8. The first-order valence-electron chi connectivity index (χ1n) is 9.71. The molecule has 0 aliphatic carbocycles. The van der Waals surface area contributed by atoms with Crippen LogP contribution in [0.3, 0.4) is 0 Å². The van der Waals surface area contributed by atoms with Gasteiger partial charge in [0.15, 0.2) is 18.1 Å². The number of nitro benzene ring substituents is 1. The number of benzene rings is 2. The molecule has 0 aromatic heterocycles. The summed E-state index contributed by atoms with van der Waals surface area (Å²) in [5.74, 6) is -0.587. The average molecular weight is 565 g/mol. The Balaban J connectivity index is 2.29. The number of carbonyl (C=O) groups excluding carboxylic acids is 2. The molecule has 10 nitrogen and oxygen atoms in total. The van der Waals surface area contributed by atoms with Crippen molar-refractivity contribution in [3.05, 3.63) is 61.2 Å². The molecule has 0 saturated heterocycles. The van der Waals surface area contributed by atoms with Crippen molar-refractivity contribution < 1.29 is 28.7 Å². The van der Waals surface area contributed by atoms with Crippen LogP contribution in [0.4, 0.5) is 11.4 Å². The number of nitrogens with one attached hydrogen (secondary N) is 1. The van der Waals surface area contributed by atoms with E-state index in [2.05, 4.69) is 5.32 Å². The zero-order valence-corrected chi connectivity index (χ0v) is 20.0. The fourth-order valence-corrected chi connectivity index (χ4v) is 3.40. The highest BCUT2D eigenvalue weighted by molar-refractivity contribution is 14.1. The largest absolute Gasteiger partial charge is 0.490 e. The molecule has 0 heterocycles. The van der Waals surface area contributed by atoms with Gasteiger partial charge >= 0.3 is 5.97 Å². The van der Waals surface area contributed by atoms with Crippen LogP contribution in [-0.2, 0) is 14.3 Å². The van der Waals surface area contributed by atoms with E-state index in [9.17, 15) is 25.0 Å². The van der Waals surface area contributed by atoms with Gasteiger partial charge in [0.25, 0.3) is 11.6 Å². The Hall–Kier alpha value is -3.66. The number of nitriles is 1. The van der Waals surface area contributed by atoms with Crippen molar-refractivity contribution in [2.24, 2.45) is 0 Å². The summed E-state index contributed by atoms with van der Waals surface area (Å²) in [7, 11) is 0. The third-order valence-corrected chi connectivity index (χ3v) is 4.76. The van der Waals surface area contributed by atoms with Crippen molar-refractivity contribution in [1.82, 2.24) is 0 Å². The zero-order chi connectivity index (χ0) is 24.4. The summed E-state index contributed by atoms with van der Waals surface area (Å²) in [6, 6.07) is 10.4. The second-order valence-electron chi connectivity index (χ2n) is 6.29. The number of anilines is 1. The third-order valence-electron chi connectivity index (χ3n) is 3.96. The van der Waals surface area contributed by atoms with Crippen LogP contribution in [0.1, 0.15) is 19.4 Å². The molecule has 1 N–H and O–H groups in total. The van der Waals surface area contributed by atoms with E-state index in [1.165, 1.54) is 30.3 Å². The number of hydrogen-bond acceptors (Lipinski definition) is 8. The summed E-state index contributed by atoms with van der Waals surface area (Å²) in [6.45, 7) is 3.72. The fourth-order valence-electron chi connectivity index (χ4n) is 2.62. The van der Waals surface area contributed by atoms with Crippen LogP contribution in [0, 0.1) is 25.0 Å². The second kappa shape index (κ2) is 12.4. The Bertz CT molecular complexity index is 1130. The number of ether oxygens (including phenoxy) is 3. The lowest BCUT2D eigenvalue weighted by atomic mass is 10.1. The van der Waals surface area contributed by atoms with Crippen molar-refractivity contribution >= 4 is 51.9 Å². The van der Waals surface area contributed by atoms with Crippen LogP contribution < -0.4 is 14.8 Å². The zero-order valence-electron chi connectivity index (χ0n) is 17.8. The van der Waals surface area contributed by atoms with E-state index in [4.69, 9.17) is 14.2 Å². The lowest BCUT2D eigenvalue weighted by molar-refractivity contribution is -0.384. The minimum absolute atomic E-state index is 0.183. The van der Waals surface area contributed by atoms with E-state index in [-0.39, 0.29) is 30.2 Å². The van der Waals surface area contributed by atoms with Crippen molar-refractivity contribution in [3.63, 3.8) is 0 Å². The maximum atomic E-state index is 12.5. The number of halogens is 1. The molecule has 0 aliphatic heterocycles. The molecule has 0 fully saturated rings. The fraction of sp³-hybridized carbons (Fsp3) is 0.227. The summed E-state index contributed by atoms with van der Waals surface area (Å²) in [5.41, 5.74) is 0.254. The molecule has 11 heteroatoms. The molecular weight excluding hydrogens is 545 g/mol. The Morgan fingerprint density at radius 1 is 1.21 bits per heavy atom. The van der Waals surface area contributed by atoms with Crippen LogP contribution >= 0.6 is 22.6 Å². The number of esters is 1. The summed E-state index contributed by atoms with van der Waals surface area (Å²) in [5, 5.41) is 22.9. The summed E-state index contributed by atoms with van der Waals surface area (Å²) in [6.07, 6.45) is 1.35. The lowest BCUT2D eigenvalue weighted by Crippen LogP contribution is -2.15. The molecule has 33 heavy (non-hydrogen) atoms. The van der Waals surface area contributed by atoms with Gasteiger partial charge in [0, 0.05) is 17.8 Å². The van der Waals surface area contributed by atoms with Crippen molar-refractivity contribution in [1.29, 1.82) is 5.26 Å². The quantitative estimate of drug-likeness (QED) is 0.114. The summed E-state index contributed by atoms with van der Waals surface area (Å²) >= 11 is 1.99. The standard InChI is InChI=1S/C22H20IN3O7/c1-3-31-19-10-14(9-18(23)21(19)33-13-20(27)32-4-2)8-15(12-24)22(28)25-16-6-5-7-17(11-16)26(29)30/h5-11H,3-4,13H2,1-2H3,(H,25,28)/b15-8+. The van der Waals surface area contributed by atoms with Crippen LogP contribution in [0.2, 0.25) is 0 Å². The van der Waals surface area contributed by atoms with Crippen LogP contribution in [-0.4, -0.2) is 36.6 Å². The molecule has 0 radical (unpaired) electrons. The number of amides is 1. The minimum Gasteiger partial charge on any atom is -0.490 e. The molecule has 1 amide bonds. The lowest BCUT2D eigenvalue weighted by Gasteiger charge is -2.14. The second-order valence-corrected chi connectivity index (χ2v) is 7.45. The number of nitrogens with zero attached hydrogens (tertiary/aromatic N) is 2. The first-order chi connectivity index (χ1) is 15.8. The summed E-state index contributed by atoms with van der Waals surface area (Å²) in [4.78, 5) is 34.5. The number of hydrogen-bond donors (Lipinski definition) is 1. The van der Waals surface area contributed by atoms with Crippen LogP contribution in [0.25, 0.3) is 6.08 Å². The van der Waals surface area contributed by atoms with Gasteiger partial charge < -0.3 is 19.5 Å². The van der Waals surface area contributed by atoms with Gasteiger partial charge in [-0.1, -0.05) is 6.07 Å². The molecule has 0 spiro atoms. The number of carbonyl (C=O) groups is 2. The minimum atomic E-state index is -0.728. The molecule has 0 aliphatic rings. The molecule has 0 unspecified atom stereocenters.